The van der Waals surface area contributed by atoms with Gasteiger partial charge in [-0.25, -0.2) is 0 Å². The van der Waals surface area contributed by atoms with Crippen LogP contribution in [0.15, 0.2) is 91.0 Å². The number of nitrogen functional groups attached to an aromatic ring is 1. The van der Waals surface area contributed by atoms with Crippen LogP contribution in [0.1, 0.15) is 11.1 Å². The Balaban J connectivity index is 1.62. The van der Waals surface area contributed by atoms with Gasteiger partial charge in [-0.15, -0.1) is 0 Å². The molecule has 3 nitrogen and oxygen atoms in total. The highest BCUT2D eigenvalue weighted by molar-refractivity contribution is 6.31. The van der Waals surface area contributed by atoms with E-state index in [1.807, 2.05) is 24.3 Å². The van der Waals surface area contributed by atoms with Gasteiger partial charge in [0.1, 0.15) is 0 Å². The van der Waals surface area contributed by atoms with Crippen LogP contribution < -0.4 is 5.73 Å². The zero-order valence-electron chi connectivity index (χ0n) is 15.6. The lowest BCUT2D eigenvalue weighted by Crippen LogP contribution is -2.05. The number of aromatic nitrogens is 1. The van der Waals surface area contributed by atoms with E-state index in [-0.39, 0.29) is 0 Å². The van der Waals surface area contributed by atoms with E-state index in [2.05, 4.69) is 53.1 Å². The zero-order chi connectivity index (χ0) is 20.0. The number of hydrogen-bond acceptors (Lipinski definition) is 2. The minimum absolute atomic E-state index is 0.360. The number of para-hydroxylation sites is 2. The molecule has 140 valence electrons. The zero-order valence-corrected chi connectivity index (χ0v) is 16.3. The molecule has 0 aliphatic rings. The fourth-order valence-electron chi connectivity index (χ4n) is 3.88. The van der Waals surface area contributed by atoms with Gasteiger partial charge in [0.25, 0.3) is 0 Å². The fraction of sp³-hybridized carbons (Fsp3) is 0. The van der Waals surface area contributed by atoms with Crippen molar-refractivity contribution in [1.82, 2.24) is 4.57 Å². The molecule has 29 heavy (non-hydrogen) atoms. The molecule has 3 N–H and O–H groups in total. The SMILES string of the molecule is N=C(c1ccc(-n2c3ccccc3c3ccccc32)cc1)c1cc(Cl)ccc1N. The summed E-state index contributed by atoms with van der Waals surface area (Å²) in [7, 11) is 0. The molecule has 0 bridgehead atoms. The highest BCUT2D eigenvalue weighted by Crippen LogP contribution is 2.32. The molecule has 0 unspecified atom stereocenters. The highest BCUT2D eigenvalue weighted by atomic mass is 35.5. The molecule has 0 fully saturated rings. The third-order valence-corrected chi connectivity index (χ3v) is 5.51. The van der Waals surface area contributed by atoms with Crippen molar-refractivity contribution in [1.29, 1.82) is 5.41 Å². The lowest BCUT2D eigenvalue weighted by molar-refractivity contribution is 1.18. The Kier molecular flexibility index (Phi) is 4.11. The van der Waals surface area contributed by atoms with Crippen molar-refractivity contribution in [2.24, 2.45) is 0 Å². The quantitative estimate of drug-likeness (QED) is 0.268. The Morgan fingerprint density at radius 1 is 0.759 bits per heavy atom. The van der Waals surface area contributed by atoms with E-state index in [9.17, 15) is 0 Å². The number of halogens is 1. The predicted molar refractivity (Wildman–Crippen MR) is 123 cm³/mol. The van der Waals surface area contributed by atoms with Crippen molar-refractivity contribution in [2.75, 3.05) is 5.73 Å². The first-order chi connectivity index (χ1) is 14.1. The maximum Gasteiger partial charge on any atom is 0.0705 e. The van der Waals surface area contributed by atoms with E-state index in [4.69, 9.17) is 22.7 Å². The summed E-state index contributed by atoms with van der Waals surface area (Å²) in [4.78, 5) is 0. The fourth-order valence-corrected chi connectivity index (χ4v) is 4.05. The molecular formula is C25H18ClN3. The molecule has 0 radical (unpaired) electrons. The van der Waals surface area contributed by atoms with Gasteiger partial charge in [-0.1, -0.05) is 60.1 Å². The molecule has 1 heterocycles. The summed E-state index contributed by atoms with van der Waals surface area (Å²) in [6.45, 7) is 0. The molecule has 4 aromatic carbocycles. The first-order valence-corrected chi connectivity index (χ1v) is 9.74. The van der Waals surface area contributed by atoms with Crippen LogP contribution in [-0.2, 0) is 0 Å². The number of nitrogens with zero attached hydrogens (tertiary/aromatic N) is 1. The van der Waals surface area contributed by atoms with Crippen LogP contribution in [-0.4, -0.2) is 10.3 Å². The standard InChI is InChI=1S/C25H18ClN3/c26-17-11-14-22(27)21(15-17)25(28)16-9-12-18(13-10-16)29-23-7-3-1-5-19(23)20-6-2-4-8-24(20)29/h1-15,28H,27H2. The van der Waals surface area contributed by atoms with Crippen molar-refractivity contribution >= 4 is 44.8 Å². The molecule has 0 amide bonds. The first kappa shape index (κ1) is 17.5. The van der Waals surface area contributed by atoms with Gasteiger partial charge in [0.2, 0.25) is 0 Å². The Labute approximate surface area is 173 Å². The number of nitrogens with two attached hydrogens (primary N) is 1. The van der Waals surface area contributed by atoms with E-state index in [0.717, 1.165) is 22.3 Å². The molecule has 1 aromatic heterocycles. The monoisotopic (exact) mass is 395 g/mol. The second-order valence-corrected chi connectivity index (χ2v) is 7.46. The van der Waals surface area contributed by atoms with Crippen molar-refractivity contribution in [3.63, 3.8) is 0 Å². The number of benzene rings is 4. The van der Waals surface area contributed by atoms with Gasteiger partial charge in [-0.2, -0.15) is 0 Å². The molecule has 0 aliphatic carbocycles. The molecule has 5 rings (SSSR count). The molecular weight excluding hydrogens is 378 g/mol. The number of nitrogens with one attached hydrogen (secondary N) is 1. The van der Waals surface area contributed by atoms with Crippen LogP contribution in [0.5, 0.6) is 0 Å². The minimum atomic E-state index is 0.360. The number of rotatable bonds is 3. The molecule has 0 aliphatic heterocycles. The van der Waals surface area contributed by atoms with E-state index >= 15 is 0 Å². The summed E-state index contributed by atoms with van der Waals surface area (Å²) in [5.74, 6) is 0. The molecule has 5 aromatic rings. The Morgan fingerprint density at radius 2 is 1.34 bits per heavy atom. The summed E-state index contributed by atoms with van der Waals surface area (Å²) in [6, 6.07) is 30.1. The van der Waals surface area contributed by atoms with Gasteiger partial charge >= 0.3 is 0 Å². The maximum atomic E-state index is 8.57. The maximum absolute atomic E-state index is 8.57. The highest BCUT2D eigenvalue weighted by Gasteiger charge is 2.13. The van der Waals surface area contributed by atoms with Crippen molar-refractivity contribution in [3.8, 4) is 5.69 Å². The topological polar surface area (TPSA) is 54.8 Å². The lowest BCUT2D eigenvalue weighted by atomic mass is 10.0. The summed E-state index contributed by atoms with van der Waals surface area (Å²) < 4.78 is 2.26. The minimum Gasteiger partial charge on any atom is -0.398 e. The van der Waals surface area contributed by atoms with Gasteiger partial charge in [0, 0.05) is 38.3 Å². The van der Waals surface area contributed by atoms with Crippen molar-refractivity contribution in [2.45, 2.75) is 0 Å². The Bertz CT molecular complexity index is 1330. The van der Waals surface area contributed by atoms with Gasteiger partial charge in [0.15, 0.2) is 0 Å². The third-order valence-electron chi connectivity index (χ3n) is 5.28. The van der Waals surface area contributed by atoms with E-state index in [1.165, 1.54) is 10.8 Å². The molecule has 0 saturated heterocycles. The number of fused-ring (bicyclic) bond motifs is 3. The summed E-state index contributed by atoms with van der Waals surface area (Å²) in [5.41, 5.74) is 11.8. The summed E-state index contributed by atoms with van der Waals surface area (Å²) in [5, 5.41) is 11.6. The second kappa shape index (κ2) is 6.80. The summed E-state index contributed by atoms with van der Waals surface area (Å²) in [6.07, 6.45) is 0. The first-order valence-electron chi connectivity index (χ1n) is 9.36. The van der Waals surface area contributed by atoms with Crippen LogP contribution in [0.25, 0.3) is 27.5 Å². The van der Waals surface area contributed by atoms with Crippen LogP contribution in [0, 0.1) is 5.41 Å². The van der Waals surface area contributed by atoms with Crippen molar-refractivity contribution in [3.05, 3.63) is 107 Å². The van der Waals surface area contributed by atoms with E-state index in [1.54, 1.807) is 18.2 Å². The van der Waals surface area contributed by atoms with Gasteiger partial charge in [0.05, 0.1) is 16.7 Å². The average Bonchev–Trinajstić information content (AvgIpc) is 3.10. The van der Waals surface area contributed by atoms with E-state index in [0.29, 0.717) is 22.0 Å². The number of anilines is 1. The average molecular weight is 396 g/mol. The third kappa shape index (κ3) is 2.87. The molecule has 0 atom stereocenters. The second-order valence-electron chi connectivity index (χ2n) is 7.02. The van der Waals surface area contributed by atoms with Gasteiger partial charge < -0.3 is 10.3 Å². The Morgan fingerprint density at radius 3 is 1.97 bits per heavy atom. The molecule has 4 heteroatoms. The lowest BCUT2D eigenvalue weighted by Gasteiger charge is -2.11. The van der Waals surface area contributed by atoms with Crippen LogP contribution in [0.2, 0.25) is 5.02 Å². The largest absolute Gasteiger partial charge is 0.398 e. The van der Waals surface area contributed by atoms with Gasteiger partial charge in [-0.05, 0) is 42.5 Å². The van der Waals surface area contributed by atoms with Crippen LogP contribution >= 0.6 is 11.6 Å². The molecule has 0 saturated carbocycles. The van der Waals surface area contributed by atoms with E-state index < -0.39 is 0 Å². The van der Waals surface area contributed by atoms with Crippen molar-refractivity contribution < 1.29 is 0 Å². The normalized spacial score (nSPS) is 11.2. The smallest absolute Gasteiger partial charge is 0.0705 e. The van der Waals surface area contributed by atoms with Crippen LogP contribution in [0.3, 0.4) is 0 Å². The predicted octanol–water partition coefficient (Wildman–Crippen LogP) is 6.44. The summed E-state index contributed by atoms with van der Waals surface area (Å²) >= 11 is 6.10. The molecule has 0 spiro atoms. The number of hydrogen-bond donors (Lipinski definition) is 2. The van der Waals surface area contributed by atoms with Crippen LogP contribution in [0.4, 0.5) is 5.69 Å². The van der Waals surface area contributed by atoms with Gasteiger partial charge in [-0.3, -0.25) is 5.41 Å². The Hall–Kier alpha value is -3.56.